The average Bonchev–Trinajstić information content (AvgIpc) is 2.82. The van der Waals surface area contributed by atoms with E-state index in [9.17, 15) is 4.79 Å². The van der Waals surface area contributed by atoms with Crippen molar-refractivity contribution in [1.82, 2.24) is 20.3 Å². The number of nitrogens with zero attached hydrogens (tertiary/aromatic N) is 3. The number of aromatic nitrogens is 3. The number of amides is 1. The quantitative estimate of drug-likeness (QED) is 0.843. The molecule has 0 bridgehead atoms. The maximum Gasteiger partial charge on any atom is 0.273 e. The lowest BCUT2D eigenvalue weighted by atomic mass is 9.80. The van der Waals surface area contributed by atoms with E-state index in [-0.39, 0.29) is 11.9 Å². The number of rotatable bonds is 4. The van der Waals surface area contributed by atoms with Crippen LogP contribution in [0.15, 0.2) is 6.20 Å². The molecule has 6 heteroatoms. The van der Waals surface area contributed by atoms with Crippen molar-refractivity contribution in [2.24, 2.45) is 17.6 Å². The van der Waals surface area contributed by atoms with E-state index >= 15 is 0 Å². The molecular formula is C13H23N5O. The van der Waals surface area contributed by atoms with E-state index in [1.165, 1.54) is 12.8 Å². The number of hydrogen-bond acceptors (Lipinski definition) is 4. The summed E-state index contributed by atoms with van der Waals surface area (Å²) in [4.78, 5) is 12.1. The Kier molecular flexibility index (Phi) is 4.52. The second-order valence-electron chi connectivity index (χ2n) is 5.63. The summed E-state index contributed by atoms with van der Waals surface area (Å²) < 4.78 is 1.60. The van der Waals surface area contributed by atoms with Gasteiger partial charge in [-0.15, -0.1) is 5.10 Å². The molecule has 3 atom stereocenters. The lowest BCUT2D eigenvalue weighted by Gasteiger charge is -2.32. The monoisotopic (exact) mass is 265 g/mol. The first kappa shape index (κ1) is 14.0. The number of hydrogen-bond donors (Lipinski definition) is 2. The summed E-state index contributed by atoms with van der Waals surface area (Å²) in [6.45, 7) is 5.54. The molecule has 6 nitrogen and oxygen atoms in total. The van der Waals surface area contributed by atoms with E-state index in [0.717, 1.165) is 12.3 Å². The van der Waals surface area contributed by atoms with Gasteiger partial charge in [0.05, 0.1) is 12.7 Å². The predicted molar refractivity (Wildman–Crippen MR) is 72.5 cm³/mol. The number of carbonyl (C=O) groups excluding carboxylic acids is 1. The molecule has 1 aromatic heterocycles. The Morgan fingerprint density at radius 2 is 2.32 bits per heavy atom. The van der Waals surface area contributed by atoms with Crippen LogP contribution in [0.3, 0.4) is 0 Å². The minimum Gasteiger partial charge on any atom is -0.348 e. The molecule has 1 fully saturated rings. The molecule has 0 spiro atoms. The summed E-state index contributed by atoms with van der Waals surface area (Å²) in [6, 6.07) is 0.253. The second-order valence-corrected chi connectivity index (χ2v) is 5.63. The summed E-state index contributed by atoms with van der Waals surface area (Å²) in [5.41, 5.74) is 5.81. The number of carbonyl (C=O) groups is 1. The van der Waals surface area contributed by atoms with Gasteiger partial charge in [-0.1, -0.05) is 19.1 Å². The van der Waals surface area contributed by atoms with Crippen molar-refractivity contribution in [2.45, 2.75) is 45.7 Å². The fourth-order valence-electron chi connectivity index (χ4n) is 2.77. The smallest absolute Gasteiger partial charge is 0.273 e. The van der Waals surface area contributed by atoms with Gasteiger partial charge >= 0.3 is 0 Å². The molecule has 1 aromatic rings. The molecule has 1 heterocycles. The standard InChI is InChI=1S/C13H23N5O/c1-9-3-4-11(10(2)7-9)15-13(19)12-8-18(6-5-14)17-16-12/h8-11H,3-7,14H2,1-2H3,(H,15,19). The third-order valence-electron chi connectivity index (χ3n) is 3.88. The van der Waals surface area contributed by atoms with Gasteiger partial charge in [-0.25, -0.2) is 0 Å². The van der Waals surface area contributed by atoms with Gasteiger partial charge in [0.1, 0.15) is 0 Å². The minimum atomic E-state index is -0.130. The zero-order chi connectivity index (χ0) is 13.8. The van der Waals surface area contributed by atoms with Crippen LogP contribution in [0.2, 0.25) is 0 Å². The van der Waals surface area contributed by atoms with Crippen LogP contribution in [-0.2, 0) is 6.54 Å². The van der Waals surface area contributed by atoms with Crippen LogP contribution < -0.4 is 11.1 Å². The highest BCUT2D eigenvalue weighted by molar-refractivity contribution is 5.92. The van der Waals surface area contributed by atoms with Gasteiger partial charge in [0.2, 0.25) is 0 Å². The topological polar surface area (TPSA) is 85.8 Å². The van der Waals surface area contributed by atoms with Gasteiger partial charge in [0.25, 0.3) is 5.91 Å². The molecule has 0 aromatic carbocycles. The third-order valence-corrected chi connectivity index (χ3v) is 3.88. The maximum absolute atomic E-state index is 12.1. The van der Waals surface area contributed by atoms with Gasteiger partial charge < -0.3 is 11.1 Å². The SMILES string of the molecule is CC1CCC(NC(=O)c2cn(CCN)nn2)C(C)C1. The van der Waals surface area contributed by atoms with Crippen molar-refractivity contribution in [2.75, 3.05) is 6.54 Å². The van der Waals surface area contributed by atoms with Crippen LogP contribution in [0.25, 0.3) is 0 Å². The molecule has 2 rings (SSSR count). The van der Waals surface area contributed by atoms with E-state index in [1.807, 2.05) is 0 Å². The Morgan fingerprint density at radius 3 is 3.00 bits per heavy atom. The average molecular weight is 265 g/mol. The molecule has 1 amide bonds. The van der Waals surface area contributed by atoms with Gasteiger partial charge in [0.15, 0.2) is 5.69 Å². The first-order valence-corrected chi connectivity index (χ1v) is 7.01. The summed E-state index contributed by atoms with van der Waals surface area (Å²) in [5.74, 6) is 1.15. The molecule has 3 unspecified atom stereocenters. The van der Waals surface area contributed by atoms with Crippen LogP contribution in [0.1, 0.15) is 43.6 Å². The van der Waals surface area contributed by atoms with Crippen molar-refractivity contribution in [1.29, 1.82) is 0 Å². The van der Waals surface area contributed by atoms with Gasteiger partial charge in [-0.3, -0.25) is 9.48 Å². The Hall–Kier alpha value is -1.43. The van der Waals surface area contributed by atoms with Crippen LogP contribution in [-0.4, -0.2) is 33.5 Å². The first-order valence-electron chi connectivity index (χ1n) is 7.01. The molecule has 1 saturated carbocycles. The van der Waals surface area contributed by atoms with Crippen molar-refractivity contribution in [3.8, 4) is 0 Å². The molecule has 1 aliphatic rings. The van der Waals surface area contributed by atoms with E-state index < -0.39 is 0 Å². The molecule has 0 radical (unpaired) electrons. The molecular weight excluding hydrogens is 242 g/mol. The predicted octanol–water partition coefficient (Wildman–Crippen LogP) is 0.791. The summed E-state index contributed by atoms with van der Waals surface area (Å²) >= 11 is 0. The van der Waals surface area contributed by atoms with Crippen molar-refractivity contribution >= 4 is 5.91 Å². The van der Waals surface area contributed by atoms with Crippen LogP contribution >= 0.6 is 0 Å². The molecule has 0 aliphatic heterocycles. The van der Waals surface area contributed by atoms with Crippen molar-refractivity contribution in [3.05, 3.63) is 11.9 Å². The summed E-state index contributed by atoms with van der Waals surface area (Å²) in [5, 5.41) is 10.8. The fraction of sp³-hybridized carbons (Fsp3) is 0.769. The van der Waals surface area contributed by atoms with Crippen LogP contribution in [0.4, 0.5) is 0 Å². The Bertz CT molecular complexity index is 430. The van der Waals surface area contributed by atoms with Gasteiger partial charge in [0, 0.05) is 12.6 Å². The molecule has 0 saturated heterocycles. The maximum atomic E-state index is 12.1. The van der Waals surface area contributed by atoms with E-state index in [4.69, 9.17) is 5.73 Å². The lowest BCUT2D eigenvalue weighted by Crippen LogP contribution is -2.42. The van der Waals surface area contributed by atoms with E-state index in [2.05, 4.69) is 29.5 Å². The van der Waals surface area contributed by atoms with Crippen molar-refractivity contribution < 1.29 is 4.79 Å². The minimum absolute atomic E-state index is 0.130. The zero-order valence-electron chi connectivity index (χ0n) is 11.7. The van der Waals surface area contributed by atoms with Crippen LogP contribution in [0.5, 0.6) is 0 Å². The van der Waals surface area contributed by atoms with Gasteiger partial charge in [-0.2, -0.15) is 0 Å². The second kappa shape index (κ2) is 6.14. The first-order chi connectivity index (χ1) is 9.10. The third kappa shape index (κ3) is 3.53. The van der Waals surface area contributed by atoms with Crippen LogP contribution in [0, 0.1) is 11.8 Å². The highest BCUT2D eigenvalue weighted by atomic mass is 16.2. The molecule has 106 valence electrons. The Balaban J connectivity index is 1.92. The Labute approximate surface area is 113 Å². The largest absolute Gasteiger partial charge is 0.348 e. The zero-order valence-corrected chi connectivity index (χ0v) is 11.7. The number of nitrogens with one attached hydrogen (secondary N) is 1. The molecule has 1 aliphatic carbocycles. The highest BCUT2D eigenvalue weighted by Gasteiger charge is 2.27. The number of nitrogens with two attached hydrogens (primary N) is 1. The van der Waals surface area contributed by atoms with Crippen molar-refractivity contribution in [3.63, 3.8) is 0 Å². The summed E-state index contributed by atoms with van der Waals surface area (Å²) in [7, 11) is 0. The molecule has 19 heavy (non-hydrogen) atoms. The van der Waals surface area contributed by atoms with E-state index in [1.54, 1.807) is 10.9 Å². The highest BCUT2D eigenvalue weighted by Crippen LogP contribution is 2.28. The lowest BCUT2D eigenvalue weighted by molar-refractivity contribution is 0.0894. The van der Waals surface area contributed by atoms with E-state index in [0.29, 0.717) is 24.7 Å². The fourth-order valence-corrected chi connectivity index (χ4v) is 2.77. The molecule has 3 N–H and O–H groups in total. The Morgan fingerprint density at radius 1 is 1.53 bits per heavy atom. The normalized spacial score (nSPS) is 27.2. The summed E-state index contributed by atoms with van der Waals surface area (Å²) in [6.07, 6.45) is 5.04. The van der Waals surface area contributed by atoms with Gasteiger partial charge in [-0.05, 0) is 31.1 Å².